The highest BCUT2D eigenvalue weighted by Crippen LogP contribution is 2.28. The van der Waals surface area contributed by atoms with Gasteiger partial charge in [0.25, 0.3) is 5.91 Å². The zero-order chi connectivity index (χ0) is 23.8. The quantitative estimate of drug-likeness (QED) is 0.441. The highest BCUT2D eigenvalue weighted by Gasteiger charge is 2.24. The number of hydrogen-bond acceptors (Lipinski definition) is 5. The van der Waals surface area contributed by atoms with Crippen molar-refractivity contribution in [3.63, 3.8) is 0 Å². The molecule has 0 aliphatic heterocycles. The van der Waals surface area contributed by atoms with Gasteiger partial charge in [-0.1, -0.05) is 17.7 Å². The Morgan fingerprint density at radius 3 is 2.55 bits per heavy atom. The van der Waals surface area contributed by atoms with Crippen LogP contribution in [0.15, 0.2) is 47.5 Å². The first kappa shape index (κ1) is 24.5. The van der Waals surface area contributed by atoms with Gasteiger partial charge < -0.3 is 20.1 Å². The summed E-state index contributed by atoms with van der Waals surface area (Å²) in [5.41, 5.74) is 0.743. The highest BCUT2D eigenvalue weighted by molar-refractivity contribution is 6.30. The number of halogens is 2. The third kappa shape index (κ3) is 7.46. The van der Waals surface area contributed by atoms with Crippen molar-refractivity contribution >= 4 is 35.1 Å². The second-order valence-corrected chi connectivity index (χ2v) is 8.37. The van der Waals surface area contributed by atoms with Crippen molar-refractivity contribution < 1.29 is 23.5 Å². The minimum absolute atomic E-state index is 0.0579. The Labute approximate surface area is 197 Å². The standard InChI is InChI=1S/C24H27ClFN3O4/c1-32-21-5-3-4-16(11-21)23(30)29-22(27-20-13-17(25)12-18(26)14-20)10-15-6-8-19(9-7-15)28-24(31)33-2/h3-5,11-15,19H,6-10H2,1-2H3,(H,28,31)(H,27,29,30). The summed E-state index contributed by atoms with van der Waals surface area (Å²) in [6.07, 6.45) is 3.33. The molecule has 1 aliphatic carbocycles. The van der Waals surface area contributed by atoms with Crippen LogP contribution in [0.5, 0.6) is 5.75 Å². The topological polar surface area (TPSA) is 89.0 Å². The van der Waals surface area contributed by atoms with E-state index in [1.165, 1.54) is 26.4 Å². The van der Waals surface area contributed by atoms with E-state index in [0.29, 0.717) is 29.3 Å². The molecular weight excluding hydrogens is 449 g/mol. The molecule has 33 heavy (non-hydrogen) atoms. The van der Waals surface area contributed by atoms with Crippen LogP contribution >= 0.6 is 11.6 Å². The van der Waals surface area contributed by atoms with Gasteiger partial charge in [0.05, 0.1) is 19.9 Å². The van der Waals surface area contributed by atoms with Gasteiger partial charge in [-0.25, -0.2) is 14.2 Å². The Balaban J connectivity index is 1.75. The minimum atomic E-state index is -0.505. The molecule has 2 aromatic carbocycles. The number of amidine groups is 1. The van der Waals surface area contributed by atoms with Crippen molar-refractivity contribution in [2.45, 2.75) is 38.1 Å². The van der Waals surface area contributed by atoms with Crippen LogP contribution in [0.2, 0.25) is 5.02 Å². The van der Waals surface area contributed by atoms with E-state index in [1.807, 2.05) is 0 Å². The average molecular weight is 476 g/mol. The molecule has 2 N–H and O–H groups in total. The molecule has 0 unspecified atom stereocenters. The highest BCUT2D eigenvalue weighted by atomic mass is 35.5. The maximum atomic E-state index is 13.8. The molecule has 0 bridgehead atoms. The van der Waals surface area contributed by atoms with E-state index in [4.69, 9.17) is 16.3 Å². The lowest BCUT2D eigenvalue weighted by atomic mass is 9.84. The fourth-order valence-corrected chi connectivity index (χ4v) is 4.08. The predicted molar refractivity (Wildman–Crippen MR) is 125 cm³/mol. The van der Waals surface area contributed by atoms with Gasteiger partial charge in [-0.2, -0.15) is 0 Å². The lowest BCUT2D eigenvalue weighted by Crippen LogP contribution is -2.38. The summed E-state index contributed by atoms with van der Waals surface area (Å²) in [4.78, 5) is 28.8. The van der Waals surface area contributed by atoms with Gasteiger partial charge in [-0.3, -0.25) is 4.79 Å². The van der Waals surface area contributed by atoms with Crippen molar-refractivity contribution in [1.29, 1.82) is 0 Å². The van der Waals surface area contributed by atoms with Crippen LogP contribution in [0.1, 0.15) is 42.5 Å². The molecule has 1 fully saturated rings. The van der Waals surface area contributed by atoms with Crippen LogP contribution < -0.4 is 15.4 Å². The fraction of sp³-hybridized carbons (Fsp3) is 0.375. The van der Waals surface area contributed by atoms with Crippen LogP contribution in [-0.2, 0) is 4.74 Å². The molecule has 2 amide bonds. The zero-order valence-corrected chi connectivity index (χ0v) is 19.3. The number of aliphatic imine (C=N–C) groups is 1. The summed E-state index contributed by atoms with van der Waals surface area (Å²) in [6, 6.07) is 10.9. The van der Waals surface area contributed by atoms with Gasteiger partial charge in [0.1, 0.15) is 17.4 Å². The number of carbonyl (C=O) groups excluding carboxylic acids is 2. The maximum Gasteiger partial charge on any atom is 0.407 e. The second kappa shape index (κ2) is 11.7. The van der Waals surface area contributed by atoms with Crippen LogP contribution in [0.3, 0.4) is 0 Å². The van der Waals surface area contributed by atoms with Crippen molar-refractivity contribution in [1.82, 2.24) is 10.6 Å². The smallest absolute Gasteiger partial charge is 0.407 e. The van der Waals surface area contributed by atoms with Gasteiger partial charge in [0.15, 0.2) is 0 Å². The molecule has 176 valence electrons. The average Bonchev–Trinajstić information content (AvgIpc) is 2.79. The normalized spacial score (nSPS) is 18.4. The molecule has 0 saturated heterocycles. The lowest BCUT2D eigenvalue weighted by Gasteiger charge is -2.29. The third-order valence-corrected chi connectivity index (χ3v) is 5.76. The van der Waals surface area contributed by atoms with Crippen molar-refractivity contribution in [2.75, 3.05) is 14.2 Å². The minimum Gasteiger partial charge on any atom is -0.497 e. The summed E-state index contributed by atoms with van der Waals surface area (Å²) in [5.74, 6) is 0.391. The zero-order valence-electron chi connectivity index (χ0n) is 18.6. The second-order valence-electron chi connectivity index (χ2n) is 7.93. The van der Waals surface area contributed by atoms with Crippen LogP contribution in [-0.4, -0.2) is 38.1 Å². The number of hydrogen-bond donors (Lipinski definition) is 2. The molecule has 9 heteroatoms. The third-order valence-electron chi connectivity index (χ3n) is 5.54. The summed E-state index contributed by atoms with van der Waals surface area (Å²) < 4.78 is 23.7. The van der Waals surface area contributed by atoms with E-state index in [0.717, 1.165) is 25.7 Å². The molecule has 1 saturated carbocycles. The first-order valence-corrected chi connectivity index (χ1v) is 11.1. The van der Waals surface area contributed by atoms with Gasteiger partial charge >= 0.3 is 6.09 Å². The number of methoxy groups -OCH3 is 2. The fourth-order valence-electron chi connectivity index (χ4n) is 3.86. The van der Waals surface area contributed by atoms with E-state index in [2.05, 4.69) is 20.4 Å². The Kier molecular flexibility index (Phi) is 8.65. The Morgan fingerprint density at radius 2 is 1.88 bits per heavy atom. The van der Waals surface area contributed by atoms with Crippen LogP contribution in [0.25, 0.3) is 0 Å². The molecule has 0 spiro atoms. The van der Waals surface area contributed by atoms with Gasteiger partial charge in [0, 0.05) is 23.0 Å². The molecule has 0 heterocycles. The predicted octanol–water partition coefficient (Wildman–Crippen LogP) is 5.25. The summed E-state index contributed by atoms with van der Waals surface area (Å²) in [7, 11) is 2.87. The molecule has 0 atom stereocenters. The molecule has 1 aliphatic rings. The van der Waals surface area contributed by atoms with Crippen molar-refractivity contribution in [3.8, 4) is 5.75 Å². The first-order chi connectivity index (χ1) is 15.9. The number of alkyl carbamates (subject to hydrolysis) is 1. The number of carbonyl (C=O) groups is 2. The van der Waals surface area contributed by atoms with E-state index >= 15 is 0 Å². The number of ether oxygens (including phenoxy) is 2. The maximum absolute atomic E-state index is 13.8. The number of rotatable bonds is 6. The molecule has 2 aromatic rings. The molecular formula is C24H27ClFN3O4. The lowest BCUT2D eigenvalue weighted by molar-refractivity contribution is 0.0975. The van der Waals surface area contributed by atoms with E-state index < -0.39 is 11.9 Å². The van der Waals surface area contributed by atoms with E-state index in [9.17, 15) is 14.0 Å². The summed E-state index contributed by atoms with van der Waals surface area (Å²) >= 11 is 5.97. The SMILES string of the molecule is COC(=O)NC1CCC(CC(=Nc2cc(F)cc(Cl)c2)NC(=O)c2cccc(OC)c2)CC1. The molecule has 7 nitrogen and oxygen atoms in total. The molecule has 0 radical (unpaired) electrons. The van der Waals surface area contributed by atoms with Gasteiger partial charge in [0.2, 0.25) is 0 Å². The molecule has 0 aromatic heterocycles. The van der Waals surface area contributed by atoms with Crippen LogP contribution in [0, 0.1) is 11.7 Å². The summed E-state index contributed by atoms with van der Waals surface area (Å²) in [6.45, 7) is 0. The van der Waals surface area contributed by atoms with Crippen LogP contribution in [0.4, 0.5) is 14.9 Å². The van der Waals surface area contributed by atoms with Gasteiger partial charge in [-0.15, -0.1) is 0 Å². The number of nitrogens with one attached hydrogen (secondary N) is 2. The van der Waals surface area contributed by atoms with E-state index in [-0.39, 0.29) is 22.9 Å². The Morgan fingerprint density at radius 1 is 1.12 bits per heavy atom. The van der Waals surface area contributed by atoms with E-state index in [1.54, 1.807) is 30.3 Å². The van der Waals surface area contributed by atoms with Crippen molar-refractivity contribution in [3.05, 3.63) is 58.9 Å². The Bertz CT molecular complexity index is 1000. The van der Waals surface area contributed by atoms with Crippen molar-refractivity contribution in [2.24, 2.45) is 10.9 Å². The number of amides is 2. The van der Waals surface area contributed by atoms with Gasteiger partial charge in [-0.05, 0) is 68.0 Å². The number of nitrogens with zero attached hydrogens (tertiary/aromatic N) is 1. The first-order valence-electron chi connectivity index (χ1n) is 10.7. The molecule has 3 rings (SSSR count). The summed E-state index contributed by atoms with van der Waals surface area (Å²) in [5, 5.41) is 5.93. The Hall–Kier alpha value is -3.13. The largest absolute Gasteiger partial charge is 0.497 e. The monoisotopic (exact) mass is 475 g/mol. The number of benzene rings is 2.